The van der Waals surface area contributed by atoms with Gasteiger partial charge in [-0.1, -0.05) is 12.1 Å². The van der Waals surface area contributed by atoms with Crippen LogP contribution in [0.25, 0.3) is 0 Å². The first kappa shape index (κ1) is 15.7. The van der Waals surface area contributed by atoms with Gasteiger partial charge in [0.05, 0.1) is 11.3 Å². The number of halogens is 3. The van der Waals surface area contributed by atoms with E-state index in [0.717, 1.165) is 48.8 Å². The molecule has 1 aromatic carbocycles. The molecule has 0 bridgehead atoms. The fourth-order valence-electron chi connectivity index (χ4n) is 3.38. The Morgan fingerprint density at radius 3 is 2.38 bits per heavy atom. The summed E-state index contributed by atoms with van der Waals surface area (Å²) < 4.78 is 43.7. The molecule has 2 aromatic rings. The maximum atomic E-state index is 12.7. The number of hydrogen-bond donors (Lipinski definition) is 1. The Morgan fingerprint density at radius 1 is 1.00 bits per heavy atom. The van der Waals surface area contributed by atoms with Crippen LogP contribution in [0.3, 0.4) is 0 Å². The molecule has 1 aliphatic heterocycles. The number of alkyl halides is 3. The van der Waals surface area contributed by atoms with Crippen molar-refractivity contribution in [1.82, 2.24) is 10.3 Å². The summed E-state index contributed by atoms with van der Waals surface area (Å²) in [7, 11) is 0. The molecule has 6 heteroatoms. The Hall–Kier alpha value is -1.82. The molecular weight excluding hydrogens is 317 g/mol. The molecule has 2 aliphatic rings. The van der Waals surface area contributed by atoms with Crippen LogP contribution < -0.4 is 5.32 Å². The van der Waals surface area contributed by atoms with Gasteiger partial charge in [0.2, 0.25) is 0 Å². The third-order valence-corrected chi connectivity index (χ3v) is 4.94. The van der Waals surface area contributed by atoms with E-state index in [0.29, 0.717) is 5.92 Å². The first-order valence-electron chi connectivity index (χ1n) is 8.34. The maximum absolute atomic E-state index is 12.7. The molecule has 0 spiro atoms. The van der Waals surface area contributed by atoms with E-state index in [1.807, 2.05) is 0 Å². The zero-order valence-electron chi connectivity index (χ0n) is 13.1. The number of benzene rings is 1. The normalized spacial score (nSPS) is 25.0. The number of rotatable bonds is 3. The standard InChI is InChI=1S/C18H19F3N2O/c19-18(20,21)15-5-3-11(4-6-15)13-7-14(9-22-8-13)17-23-16(10-24-17)12-1-2-12/h3-6,10,12-14,22H,1-2,7-9H2. The van der Waals surface area contributed by atoms with Crippen LogP contribution in [0, 0.1) is 0 Å². The number of nitrogens with zero attached hydrogens (tertiary/aromatic N) is 1. The lowest BCUT2D eigenvalue weighted by Gasteiger charge is -2.28. The van der Waals surface area contributed by atoms with Gasteiger partial charge in [0, 0.05) is 24.9 Å². The zero-order chi connectivity index (χ0) is 16.7. The average molecular weight is 336 g/mol. The molecule has 24 heavy (non-hydrogen) atoms. The van der Waals surface area contributed by atoms with Gasteiger partial charge >= 0.3 is 6.18 Å². The second-order valence-corrected chi connectivity index (χ2v) is 6.79. The summed E-state index contributed by atoms with van der Waals surface area (Å²) in [6, 6.07) is 5.50. The topological polar surface area (TPSA) is 38.1 Å². The Balaban J connectivity index is 1.47. The van der Waals surface area contributed by atoms with Gasteiger partial charge in [0.15, 0.2) is 5.89 Å². The fraction of sp³-hybridized carbons (Fsp3) is 0.500. The van der Waals surface area contributed by atoms with Crippen LogP contribution in [0.15, 0.2) is 34.9 Å². The molecule has 1 saturated heterocycles. The van der Waals surface area contributed by atoms with Crippen LogP contribution >= 0.6 is 0 Å². The predicted octanol–water partition coefficient (Wildman–Crippen LogP) is 4.43. The van der Waals surface area contributed by atoms with Crippen molar-refractivity contribution in [2.75, 3.05) is 13.1 Å². The van der Waals surface area contributed by atoms with Crippen molar-refractivity contribution in [3.8, 4) is 0 Å². The van der Waals surface area contributed by atoms with Crippen molar-refractivity contribution in [3.05, 3.63) is 53.2 Å². The lowest BCUT2D eigenvalue weighted by atomic mass is 9.85. The molecule has 2 unspecified atom stereocenters. The van der Waals surface area contributed by atoms with Gasteiger partial charge in [-0.2, -0.15) is 13.2 Å². The highest BCUT2D eigenvalue weighted by atomic mass is 19.4. The van der Waals surface area contributed by atoms with Gasteiger partial charge in [-0.25, -0.2) is 4.98 Å². The monoisotopic (exact) mass is 336 g/mol. The lowest BCUT2D eigenvalue weighted by Crippen LogP contribution is -2.34. The van der Waals surface area contributed by atoms with Gasteiger partial charge in [-0.3, -0.25) is 0 Å². The number of aromatic nitrogens is 1. The van der Waals surface area contributed by atoms with E-state index >= 15 is 0 Å². The highest BCUT2D eigenvalue weighted by Crippen LogP contribution is 2.41. The van der Waals surface area contributed by atoms with Crippen LogP contribution in [-0.4, -0.2) is 18.1 Å². The van der Waals surface area contributed by atoms with Crippen molar-refractivity contribution in [2.24, 2.45) is 0 Å². The Labute approximate surface area is 138 Å². The minimum absolute atomic E-state index is 0.165. The van der Waals surface area contributed by atoms with Crippen LogP contribution in [-0.2, 0) is 6.18 Å². The van der Waals surface area contributed by atoms with Crippen molar-refractivity contribution < 1.29 is 17.6 Å². The summed E-state index contributed by atoms with van der Waals surface area (Å²) in [6.45, 7) is 1.56. The first-order chi connectivity index (χ1) is 11.5. The van der Waals surface area contributed by atoms with E-state index in [9.17, 15) is 13.2 Å². The largest absolute Gasteiger partial charge is 0.448 e. The molecule has 0 radical (unpaired) electrons. The Bertz CT molecular complexity index is 704. The van der Waals surface area contributed by atoms with Crippen molar-refractivity contribution in [3.63, 3.8) is 0 Å². The number of piperidine rings is 1. The number of hydrogen-bond acceptors (Lipinski definition) is 3. The quantitative estimate of drug-likeness (QED) is 0.901. The van der Waals surface area contributed by atoms with E-state index < -0.39 is 11.7 Å². The Morgan fingerprint density at radius 2 is 1.71 bits per heavy atom. The molecule has 1 N–H and O–H groups in total. The van der Waals surface area contributed by atoms with Crippen LogP contribution in [0.2, 0.25) is 0 Å². The number of nitrogens with one attached hydrogen (secondary N) is 1. The molecule has 2 atom stereocenters. The highest BCUT2D eigenvalue weighted by Gasteiger charge is 2.32. The molecule has 1 saturated carbocycles. The summed E-state index contributed by atoms with van der Waals surface area (Å²) in [5.41, 5.74) is 1.36. The second-order valence-electron chi connectivity index (χ2n) is 6.79. The molecular formula is C18H19F3N2O. The fourth-order valence-corrected chi connectivity index (χ4v) is 3.38. The highest BCUT2D eigenvalue weighted by molar-refractivity contribution is 5.28. The lowest BCUT2D eigenvalue weighted by molar-refractivity contribution is -0.137. The summed E-state index contributed by atoms with van der Waals surface area (Å²) in [5, 5.41) is 3.36. The minimum Gasteiger partial charge on any atom is -0.448 e. The van der Waals surface area contributed by atoms with Crippen molar-refractivity contribution >= 4 is 0 Å². The molecule has 0 amide bonds. The van der Waals surface area contributed by atoms with E-state index in [4.69, 9.17) is 4.42 Å². The van der Waals surface area contributed by atoms with Crippen LogP contribution in [0.5, 0.6) is 0 Å². The third kappa shape index (κ3) is 3.20. The number of oxazole rings is 1. The van der Waals surface area contributed by atoms with Gasteiger partial charge in [-0.15, -0.1) is 0 Å². The van der Waals surface area contributed by atoms with Crippen molar-refractivity contribution in [2.45, 2.75) is 43.2 Å². The Kier molecular flexibility index (Phi) is 3.87. The molecule has 1 aliphatic carbocycles. The summed E-state index contributed by atoms with van der Waals surface area (Å²) in [6.07, 6.45) is 0.674. The molecule has 128 valence electrons. The third-order valence-electron chi connectivity index (χ3n) is 4.94. The van der Waals surface area contributed by atoms with Gasteiger partial charge in [-0.05, 0) is 42.9 Å². The SMILES string of the molecule is FC(F)(F)c1ccc(C2CNCC(c3nc(C4CC4)co3)C2)cc1. The maximum Gasteiger partial charge on any atom is 0.416 e. The van der Waals surface area contributed by atoms with E-state index in [2.05, 4.69) is 10.3 Å². The summed E-state index contributed by atoms with van der Waals surface area (Å²) >= 11 is 0. The van der Waals surface area contributed by atoms with E-state index in [-0.39, 0.29) is 11.8 Å². The van der Waals surface area contributed by atoms with Crippen molar-refractivity contribution in [1.29, 1.82) is 0 Å². The first-order valence-corrected chi connectivity index (χ1v) is 8.34. The average Bonchev–Trinajstić information content (AvgIpc) is 3.31. The van der Waals surface area contributed by atoms with E-state index in [1.165, 1.54) is 12.8 Å². The molecule has 2 fully saturated rings. The zero-order valence-corrected chi connectivity index (χ0v) is 13.1. The summed E-state index contributed by atoms with van der Waals surface area (Å²) in [4.78, 5) is 4.62. The predicted molar refractivity (Wildman–Crippen MR) is 82.9 cm³/mol. The molecule has 3 nitrogen and oxygen atoms in total. The van der Waals surface area contributed by atoms with Gasteiger partial charge in [0.1, 0.15) is 6.26 Å². The second kappa shape index (κ2) is 5.92. The molecule has 4 rings (SSSR count). The van der Waals surface area contributed by atoms with Gasteiger partial charge < -0.3 is 9.73 Å². The van der Waals surface area contributed by atoms with Crippen LogP contribution in [0.4, 0.5) is 13.2 Å². The van der Waals surface area contributed by atoms with E-state index in [1.54, 1.807) is 18.4 Å². The summed E-state index contributed by atoms with van der Waals surface area (Å²) in [5.74, 6) is 1.65. The molecule has 2 heterocycles. The van der Waals surface area contributed by atoms with Crippen LogP contribution in [0.1, 0.15) is 59.7 Å². The molecule has 1 aromatic heterocycles. The minimum atomic E-state index is -4.29. The van der Waals surface area contributed by atoms with Gasteiger partial charge in [0.25, 0.3) is 0 Å². The smallest absolute Gasteiger partial charge is 0.416 e.